The zero-order valence-corrected chi connectivity index (χ0v) is 17.1. The molecule has 29 heavy (non-hydrogen) atoms. The predicted octanol–water partition coefficient (Wildman–Crippen LogP) is 2.50. The van der Waals surface area contributed by atoms with Gasteiger partial charge in [-0.15, -0.1) is 0 Å². The molecule has 2 aliphatic rings. The molecule has 1 aliphatic carbocycles. The van der Waals surface area contributed by atoms with E-state index < -0.39 is 36.6 Å². The molecule has 0 aromatic heterocycles. The van der Waals surface area contributed by atoms with Gasteiger partial charge in [0.2, 0.25) is 0 Å². The van der Waals surface area contributed by atoms with Gasteiger partial charge in [0.15, 0.2) is 0 Å². The first kappa shape index (κ1) is 20.8. The van der Waals surface area contributed by atoms with E-state index in [2.05, 4.69) is 24.3 Å². The SMILES string of the molecule is CC1(c2ccc(Cl)c(Cc3ccc(C4CC4)cc3)c2)OC(CO)C(O)C(O)C1O. The van der Waals surface area contributed by atoms with Gasteiger partial charge in [-0.3, -0.25) is 0 Å². The summed E-state index contributed by atoms with van der Waals surface area (Å²) in [5.74, 6) is 0.710. The van der Waals surface area contributed by atoms with Gasteiger partial charge >= 0.3 is 0 Å². The van der Waals surface area contributed by atoms with E-state index in [-0.39, 0.29) is 0 Å². The molecule has 0 radical (unpaired) electrons. The lowest BCUT2D eigenvalue weighted by molar-refractivity contribution is -0.273. The zero-order chi connectivity index (χ0) is 20.8. The Labute approximate surface area is 175 Å². The van der Waals surface area contributed by atoms with Gasteiger partial charge in [0.05, 0.1) is 6.61 Å². The molecular weight excluding hydrogens is 392 g/mol. The van der Waals surface area contributed by atoms with Crippen molar-refractivity contribution in [1.29, 1.82) is 0 Å². The molecule has 6 heteroatoms. The molecule has 4 N–H and O–H groups in total. The molecule has 0 bridgehead atoms. The summed E-state index contributed by atoms with van der Waals surface area (Å²) in [5, 5.41) is 41.0. The third-order valence-corrected chi connectivity index (χ3v) is 6.61. The molecule has 156 valence electrons. The first-order valence-electron chi connectivity index (χ1n) is 10.0. The van der Waals surface area contributed by atoms with Crippen molar-refractivity contribution in [3.8, 4) is 0 Å². The molecule has 5 unspecified atom stereocenters. The van der Waals surface area contributed by atoms with Crippen molar-refractivity contribution in [2.75, 3.05) is 6.61 Å². The lowest BCUT2D eigenvalue weighted by atomic mass is 9.80. The Balaban J connectivity index is 1.61. The van der Waals surface area contributed by atoms with Crippen LogP contribution in [-0.4, -0.2) is 51.4 Å². The second kappa shape index (κ2) is 7.99. The topological polar surface area (TPSA) is 90.2 Å². The number of benzene rings is 2. The van der Waals surface area contributed by atoms with Gasteiger partial charge in [-0.05, 0) is 60.4 Å². The first-order chi connectivity index (χ1) is 13.8. The van der Waals surface area contributed by atoms with E-state index >= 15 is 0 Å². The average Bonchev–Trinajstić information content (AvgIpc) is 3.57. The van der Waals surface area contributed by atoms with E-state index in [9.17, 15) is 20.4 Å². The standard InChI is InChI=1S/C23H27ClO5/c1-23(22(28)21(27)20(26)19(12-25)29-23)17-8-9-18(24)16(11-17)10-13-2-4-14(5-3-13)15-6-7-15/h2-5,8-9,11,15,19-22,25-28H,6-7,10,12H2,1H3. The Morgan fingerprint density at radius 1 is 1.03 bits per heavy atom. The minimum Gasteiger partial charge on any atom is -0.394 e. The third kappa shape index (κ3) is 3.96. The number of hydrogen-bond acceptors (Lipinski definition) is 5. The van der Waals surface area contributed by atoms with Crippen molar-refractivity contribution < 1.29 is 25.2 Å². The van der Waals surface area contributed by atoms with E-state index in [0.717, 1.165) is 11.1 Å². The second-order valence-electron chi connectivity index (χ2n) is 8.37. The summed E-state index contributed by atoms with van der Waals surface area (Å²) in [4.78, 5) is 0. The van der Waals surface area contributed by atoms with Crippen LogP contribution in [0.1, 0.15) is 47.9 Å². The van der Waals surface area contributed by atoms with Gasteiger partial charge < -0.3 is 25.2 Å². The highest BCUT2D eigenvalue weighted by molar-refractivity contribution is 6.31. The van der Waals surface area contributed by atoms with Gasteiger partial charge in [-0.1, -0.05) is 48.0 Å². The number of rotatable bonds is 5. The molecule has 1 saturated heterocycles. The van der Waals surface area contributed by atoms with Crippen molar-refractivity contribution in [3.63, 3.8) is 0 Å². The Bertz CT molecular complexity index is 864. The second-order valence-corrected chi connectivity index (χ2v) is 8.78. The fourth-order valence-corrected chi connectivity index (χ4v) is 4.32. The Morgan fingerprint density at radius 2 is 1.72 bits per heavy atom. The van der Waals surface area contributed by atoms with E-state index in [0.29, 0.717) is 22.9 Å². The fraction of sp³-hybridized carbons (Fsp3) is 0.478. The molecule has 5 atom stereocenters. The lowest BCUT2D eigenvalue weighted by Crippen LogP contribution is -2.62. The van der Waals surface area contributed by atoms with Crippen LogP contribution in [0.4, 0.5) is 0 Å². The summed E-state index contributed by atoms with van der Waals surface area (Å²) in [7, 11) is 0. The number of hydrogen-bond donors (Lipinski definition) is 4. The molecule has 2 fully saturated rings. The Hall–Kier alpha value is -1.47. The Morgan fingerprint density at radius 3 is 2.34 bits per heavy atom. The summed E-state index contributed by atoms with van der Waals surface area (Å²) in [6, 6.07) is 13.9. The molecule has 0 spiro atoms. The first-order valence-corrected chi connectivity index (χ1v) is 10.4. The molecule has 2 aromatic carbocycles. The summed E-state index contributed by atoms with van der Waals surface area (Å²) in [6.45, 7) is 1.18. The van der Waals surface area contributed by atoms with Crippen LogP contribution in [0, 0.1) is 0 Å². The van der Waals surface area contributed by atoms with Crippen LogP contribution >= 0.6 is 11.6 Å². The zero-order valence-electron chi connectivity index (χ0n) is 16.3. The molecular formula is C23H27ClO5. The molecule has 1 saturated carbocycles. The summed E-state index contributed by atoms with van der Waals surface area (Å²) >= 11 is 6.43. The van der Waals surface area contributed by atoms with E-state index in [4.69, 9.17) is 16.3 Å². The van der Waals surface area contributed by atoms with Crippen molar-refractivity contribution in [2.45, 2.75) is 62.1 Å². The van der Waals surface area contributed by atoms with Crippen LogP contribution < -0.4 is 0 Å². The monoisotopic (exact) mass is 418 g/mol. The van der Waals surface area contributed by atoms with Crippen LogP contribution in [-0.2, 0) is 16.8 Å². The summed E-state index contributed by atoms with van der Waals surface area (Å²) < 4.78 is 5.85. The predicted molar refractivity (Wildman–Crippen MR) is 110 cm³/mol. The van der Waals surface area contributed by atoms with Crippen molar-refractivity contribution in [1.82, 2.24) is 0 Å². The van der Waals surface area contributed by atoms with Gasteiger partial charge in [-0.2, -0.15) is 0 Å². The molecule has 0 amide bonds. The van der Waals surface area contributed by atoms with Gasteiger partial charge in [-0.25, -0.2) is 0 Å². The minimum atomic E-state index is -1.43. The van der Waals surface area contributed by atoms with E-state index in [1.807, 2.05) is 6.07 Å². The number of aliphatic hydroxyl groups excluding tert-OH is 4. The van der Waals surface area contributed by atoms with Crippen molar-refractivity contribution in [3.05, 3.63) is 69.7 Å². The maximum Gasteiger partial charge on any atom is 0.119 e. The van der Waals surface area contributed by atoms with Crippen LogP contribution in [0.5, 0.6) is 0 Å². The smallest absolute Gasteiger partial charge is 0.119 e. The van der Waals surface area contributed by atoms with Crippen LogP contribution in [0.2, 0.25) is 5.02 Å². The lowest BCUT2D eigenvalue weighted by Gasteiger charge is -2.47. The normalized spacial score (nSPS) is 32.3. The highest BCUT2D eigenvalue weighted by Crippen LogP contribution is 2.41. The van der Waals surface area contributed by atoms with Crippen molar-refractivity contribution >= 4 is 11.6 Å². The maximum atomic E-state index is 10.6. The average molecular weight is 419 g/mol. The number of ether oxygens (including phenoxy) is 1. The largest absolute Gasteiger partial charge is 0.394 e. The van der Waals surface area contributed by atoms with E-state index in [1.165, 1.54) is 18.4 Å². The molecule has 4 rings (SSSR count). The van der Waals surface area contributed by atoms with Crippen LogP contribution in [0.15, 0.2) is 42.5 Å². The highest BCUT2D eigenvalue weighted by Gasteiger charge is 2.51. The minimum absolute atomic E-state index is 0.464. The third-order valence-electron chi connectivity index (χ3n) is 6.24. The summed E-state index contributed by atoms with van der Waals surface area (Å²) in [5.41, 5.74) is 2.72. The Kier molecular flexibility index (Phi) is 5.73. The summed E-state index contributed by atoms with van der Waals surface area (Å²) in [6.07, 6.45) is -1.98. The van der Waals surface area contributed by atoms with Crippen LogP contribution in [0.25, 0.3) is 0 Å². The van der Waals surface area contributed by atoms with Gasteiger partial charge in [0.25, 0.3) is 0 Å². The molecule has 5 nitrogen and oxygen atoms in total. The van der Waals surface area contributed by atoms with Crippen LogP contribution in [0.3, 0.4) is 0 Å². The molecule has 2 aromatic rings. The van der Waals surface area contributed by atoms with Gasteiger partial charge in [0, 0.05) is 5.02 Å². The quantitative estimate of drug-likeness (QED) is 0.599. The number of halogens is 1. The molecule has 1 aliphatic heterocycles. The van der Waals surface area contributed by atoms with Gasteiger partial charge in [0.1, 0.15) is 30.0 Å². The molecule has 1 heterocycles. The van der Waals surface area contributed by atoms with Crippen molar-refractivity contribution in [2.24, 2.45) is 0 Å². The number of aliphatic hydroxyl groups is 4. The highest BCUT2D eigenvalue weighted by atomic mass is 35.5. The maximum absolute atomic E-state index is 10.6. The fourth-order valence-electron chi connectivity index (χ4n) is 4.13. The van der Waals surface area contributed by atoms with E-state index in [1.54, 1.807) is 19.1 Å².